The van der Waals surface area contributed by atoms with Gasteiger partial charge in [-0.15, -0.1) is 0 Å². The number of halogens is 5. The third-order valence-electron chi connectivity index (χ3n) is 2.36. The monoisotopic (exact) mass is 365 g/mol. The van der Waals surface area contributed by atoms with Crippen LogP contribution < -0.4 is 11.1 Å². The Morgan fingerprint density at radius 1 is 1.20 bits per heavy atom. The number of hydrogen-bond acceptors (Lipinski definition) is 3. The Morgan fingerprint density at radius 3 is 2.55 bits per heavy atom. The second-order valence-corrected chi connectivity index (χ2v) is 5.20. The molecule has 0 unspecified atom stereocenters. The van der Waals surface area contributed by atoms with Crippen molar-refractivity contribution in [3.8, 4) is 0 Å². The fourth-order valence-electron chi connectivity index (χ4n) is 1.51. The quantitative estimate of drug-likeness (QED) is 0.799. The number of rotatable bonds is 2. The molecule has 0 bridgehead atoms. The summed E-state index contributed by atoms with van der Waals surface area (Å²) in [5, 5.41) is 3.18. The molecule has 0 aliphatic heterocycles. The minimum atomic E-state index is -4.49. The van der Waals surface area contributed by atoms with Gasteiger partial charge in [0.2, 0.25) is 0 Å². The molecule has 3 N–H and O–H groups in total. The second kappa shape index (κ2) is 5.49. The minimum Gasteiger partial charge on any atom is -0.384 e. The molecular formula is C12H8BrClF3N3. The lowest BCUT2D eigenvalue weighted by Gasteiger charge is -2.12. The summed E-state index contributed by atoms with van der Waals surface area (Å²) >= 11 is 9.09. The zero-order valence-corrected chi connectivity index (χ0v) is 12.1. The van der Waals surface area contributed by atoms with Crippen LogP contribution in [0.3, 0.4) is 0 Å². The lowest BCUT2D eigenvalue weighted by atomic mass is 10.2. The van der Waals surface area contributed by atoms with Crippen LogP contribution >= 0.6 is 27.5 Å². The Labute approximate surface area is 126 Å². The number of hydrogen-bond donors (Lipinski definition) is 2. The number of nitrogens with one attached hydrogen (secondary N) is 1. The van der Waals surface area contributed by atoms with Gasteiger partial charge in [0.15, 0.2) is 0 Å². The summed E-state index contributed by atoms with van der Waals surface area (Å²) in [5.74, 6) is -0.235. The topological polar surface area (TPSA) is 50.9 Å². The molecule has 0 amide bonds. The van der Waals surface area contributed by atoms with Crippen LogP contribution in [0, 0.1) is 0 Å². The summed E-state index contributed by atoms with van der Waals surface area (Å²) < 4.78 is 38.7. The van der Waals surface area contributed by atoms with Crippen LogP contribution in [0.4, 0.5) is 30.5 Å². The van der Waals surface area contributed by atoms with E-state index in [0.29, 0.717) is 15.2 Å². The van der Waals surface area contributed by atoms with Gasteiger partial charge in [-0.25, -0.2) is 4.98 Å². The normalized spacial score (nSPS) is 11.4. The minimum absolute atomic E-state index is 0.0136. The van der Waals surface area contributed by atoms with Crippen LogP contribution in [0.1, 0.15) is 5.56 Å². The molecule has 1 heterocycles. The molecule has 0 aliphatic rings. The Morgan fingerprint density at radius 2 is 1.90 bits per heavy atom. The zero-order valence-electron chi connectivity index (χ0n) is 9.80. The molecule has 1 aromatic carbocycles. The Hall–Kier alpha value is -1.47. The summed E-state index contributed by atoms with van der Waals surface area (Å²) in [6, 6.07) is 6.53. The Kier molecular flexibility index (Phi) is 4.10. The standard InChI is InChI=1S/C12H8BrClF3N3/c13-8-2-1-7(14)5-9(8)19-11-4-6(12(15,16)17)3-10(18)20-11/h1-5H,(H3,18,19,20). The molecule has 0 saturated carbocycles. The molecule has 8 heteroatoms. The molecule has 0 fully saturated rings. The average molecular weight is 367 g/mol. The first kappa shape index (κ1) is 14.9. The summed E-state index contributed by atoms with van der Waals surface area (Å²) in [6.45, 7) is 0. The van der Waals surface area contributed by atoms with Crippen molar-refractivity contribution in [1.29, 1.82) is 0 Å². The summed E-state index contributed by atoms with van der Waals surface area (Å²) in [4.78, 5) is 3.82. The first-order valence-corrected chi connectivity index (χ1v) is 6.49. The van der Waals surface area contributed by atoms with Crippen molar-refractivity contribution < 1.29 is 13.2 Å². The van der Waals surface area contributed by atoms with Crippen LogP contribution in [0.2, 0.25) is 5.02 Å². The first-order valence-electron chi connectivity index (χ1n) is 5.32. The lowest BCUT2D eigenvalue weighted by molar-refractivity contribution is -0.137. The third kappa shape index (κ3) is 3.55. The van der Waals surface area contributed by atoms with Crippen molar-refractivity contribution in [2.75, 3.05) is 11.1 Å². The summed E-state index contributed by atoms with van der Waals surface area (Å²) in [5.41, 5.74) is 5.01. The molecule has 2 rings (SSSR count). The molecule has 2 aromatic rings. The molecule has 106 valence electrons. The van der Waals surface area contributed by atoms with Gasteiger partial charge in [-0.3, -0.25) is 0 Å². The van der Waals surface area contributed by atoms with Gasteiger partial charge in [0, 0.05) is 9.50 Å². The number of nitrogen functional groups attached to an aromatic ring is 1. The highest BCUT2D eigenvalue weighted by Gasteiger charge is 2.31. The number of nitrogens with zero attached hydrogens (tertiary/aromatic N) is 1. The van der Waals surface area contributed by atoms with Gasteiger partial charge in [0.25, 0.3) is 0 Å². The van der Waals surface area contributed by atoms with E-state index in [9.17, 15) is 13.2 Å². The highest BCUT2D eigenvalue weighted by atomic mass is 79.9. The van der Waals surface area contributed by atoms with Crippen molar-refractivity contribution in [2.24, 2.45) is 0 Å². The highest BCUT2D eigenvalue weighted by Crippen LogP contribution is 2.33. The largest absolute Gasteiger partial charge is 0.416 e. The van der Waals surface area contributed by atoms with E-state index in [1.54, 1.807) is 18.2 Å². The van der Waals surface area contributed by atoms with Gasteiger partial charge in [-0.2, -0.15) is 13.2 Å². The summed E-state index contributed by atoms with van der Waals surface area (Å²) in [7, 11) is 0. The Balaban J connectivity index is 2.39. The van der Waals surface area contributed by atoms with Gasteiger partial charge in [-0.05, 0) is 46.3 Å². The molecule has 0 radical (unpaired) electrons. The van der Waals surface area contributed by atoms with E-state index < -0.39 is 11.7 Å². The molecule has 20 heavy (non-hydrogen) atoms. The zero-order chi connectivity index (χ0) is 14.9. The van der Waals surface area contributed by atoms with E-state index >= 15 is 0 Å². The number of aromatic nitrogens is 1. The maximum Gasteiger partial charge on any atom is 0.416 e. The fraction of sp³-hybridized carbons (Fsp3) is 0.0833. The molecule has 0 aliphatic carbocycles. The van der Waals surface area contributed by atoms with E-state index in [4.69, 9.17) is 17.3 Å². The van der Waals surface area contributed by atoms with Gasteiger partial charge in [0.1, 0.15) is 11.6 Å². The molecule has 0 saturated heterocycles. The van der Waals surface area contributed by atoms with Crippen molar-refractivity contribution >= 4 is 44.9 Å². The van der Waals surface area contributed by atoms with E-state index in [1.165, 1.54) is 0 Å². The van der Waals surface area contributed by atoms with Crippen molar-refractivity contribution in [3.05, 3.63) is 45.4 Å². The SMILES string of the molecule is Nc1cc(C(F)(F)F)cc(Nc2cc(Cl)ccc2Br)n1. The van der Waals surface area contributed by atoms with Crippen molar-refractivity contribution in [3.63, 3.8) is 0 Å². The van der Waals surface area contributed by atoms with Crippen LogP contribution in [0.25, 0.3) is 0 Å². The average Bonchev–Trinajstić information content (AvgIpc) is 2.32. The van der Waals surface area contributed by atoms with Gasteiger partial charge in [0.05, 0.1) is 11.3 Å². The van der Waals surface area contributed by atoms with Gasteiger partial charge < -0.3 is 11.1 Å². The molecule has 0 atom stereocenters. The number of benzene rings is 1. The van der Waals surface area contributed by atoms with Crippen molar-refractivity contribution in [2.45, 2.75) is 6.18 Å². The lowest BCUT2D eigenvalue weighted by Crippen LogP contribution is -2.08. The maximum absolute atomic E-state index is 12.7. The van der Waals surface area contributed by atoms with Crippen LogP contribution in [0.5, 0.6) is 0 Å². The predicted molar refractivity (Wildman–Crippen MR) is 76.1 cm³/mol. The van der Waals surface area contributed by atoms with Crippen LogP contribution in [0.15, 0.2) is 34.8 Å². The summed E-state index contributed by atoms with van der Waals surface area (Å²) in [6.07, 6.45) is -4.49. The number of anilines is 3. The van der Waals surface area contributed by atoms with E-state index in [1.807, 2.05) is 0 Å². The van der Waals surface area contributed by atoms with Crippen LogP contribution in [-0.4, -0.2) is 4.98 Å². The van der Waals surface area contributed by atoms with E-state index in [-0.39, 0.29) is 11.6 Å². The molecule has 3 nitrogen and oxygen atoms in total. The number of pyridine rings is 1. The van der Waals surface area contributed by atoms with Crippen molar-refractivity contribution in [1.82, 2.24) is 4.98 Å². The molecule has 0 spiro atoms. The second-order valence-electron chi connectivity index (χ2n) is 3.91. The first-order chi connectivity index (χ1) is 9.25. The van der Waals surface area contributed by atoms with Gasteiger partial charge >= 0.3 is 6.18 Å². The van der Waals surface area contributed by atoms with E-state index in [2.05, 4.69) is 26.2 Å². The highest BCUT2D eigenvalue weighted by molar-refractivity contribution is 9.10. The number of alkyl halides is 3. The number of nitrogens with two attached hydrogens (primary N) is 1. The molecule has 1 aromatic heterocycles. The fourth-order valence-corrected chi connectivity index (χ4v) is 2.03. The smallest absolute Gasteiger partial charge is 0.384 e. The predicted octanol–water partition coefficient (Wildman–Crippen LogP) is 4.84. The Bertz CT molecular complexity index is 646. The van der Waals surface area contributed by atoms with Gasteiger partial charge in [-0.1, -0.05) is 11.6 Å². The van der Waals surface area contributed by atoms with E-state index in [0.717, 1.165) is 12.1 Å². The maximum atomic E-state index is 12.7. The third-order valence-corrected chi connectivity index (χ3v) is 3.29. The molecular weight excluding hydrogens is 359 g/mol. The van der Waals surface area contributed by atoms with Crippen LogP contribution in [-0.2, 0) is 6.18 Å².